The molecule has 0 saturated carbocycles. The minimum atomic E-state index is -1.03. The number of hydrogen-bond acceptors (Lipinski definition) is 7. The summed E-state index contributed by atoms with van der Waals surface area (Å²) in [7, 11) is 1.24. The van der Waals surface area contributed by atoms with Crippen molar-refractivity contribution in [3.8, 4) is 5.69 Å². The molecule has 0 radical (unpaired) electrons. The van der Waals surface area contributed by atoms with Crippen LogP contribution >= 0.6 is 11.6 Å². The number of amides is 1. The Hall–Kier alpha value is -4.31. The average molecular weight is 608 g/mol. The second-order valence-electron chi connectivity index (χ2n) is 9.96. The number of pyridine rings is 1. The lowest BCUT2D eigenvalue weighted by Gasteiger charge is -2.31. The zero-order chi connectivity index (χ0) is 31.1. The number of esters is 1. The van der Waals surface area contributed by atoms with Crippen molar-refractivity contribution in [2.24, 2.45) is 0 Å². The van der Waals surface area contributed by atoms with Gasteiger partial charge in [0.2, 0.25) is 6.41 Å². The van der Waals surface area contributed by atoms with Gasteiger partial charge in [-0.1, -0.05) is 55.8 Å². The Morgan fingerprint density at radius 2 is 1.93 bits per heavy atom. The standard InChI is InChI=1S/C32H35ClFN5O4/c1-5-8-16-38(26(18-35-19-40)31(41)43-4)29-23-17-24(33)27(22-14-9-10-15-25(22)34)36-30(23)39(32(42)37-29)28-20(6-2)12-11-13-21(28)7-3/h5,11-15,17,19,26H,1,6-10,16,18H2,2-4H3,(H,35,40). The van der Waals surface area contributed by atoms with E-state index >= 15 is 4.39 Å². The van der Waals surface area contributed by atoms with Crippen molar-refractivity contribution in [1.29, 1.82) is 0 Å². The highest BCUT2D eigenvalue weighted by molar-refractivity contribution is 6.33. The quantitative estimate of drug-likeness (QED) is 0.160. The van der Waals surface area contributed by atoms with Gasteiger partial charge in [-0.05, 0) is 55.4 Å². The molecule has 43 heavy (non-hydrogen) atoms. The molecule has 0 spiro atoms. The maximum Gasteiger partial charge on any atom is 0.355 e. The summed E-state index contributed by atoms with van der Waals surface area (Å²) in [5, 5.41) is 3.05. The molecule has 226 valence electrons. The highest BCUT2D eigenvalue weighted by atomic mass is 35.5. The first-order valence-electron chi connectivity index (χ1n) is 14.2. The van der Waals surface area contributed by atoms with E-state index in [4.69, 9.17) is 21.3 Å². The first kappa shape index (κ1) is 31.6. The number of para-hydroxylation sites is 1. The summed E-state index contributed by atoms with van der Waals surface area (Å²) < 4.78 is 21.6. The number of ether oxygens (including phenoxy) is 1. The maximum absolute atomic E-state index is 15.1. The van der Waals surface area contributed by atoms with E-state index in [1.165, 1.54) is 17.8 Å². The number of aryl methyl sites for hydroxylation is 2. The van der Waals surface area contributed by atoms with Crippen LogP contribution in [0.4, 0.5) is 10.2 Å². The van der Waals surface area contributed by atoms with E-state index in [-0.39, 0.29) is 40.8 Å². The Kier molecular flexibility index (Phi) is 10.5. The van der Waals surface area contributed by atoms with Crippen molar-refractivity contribution in [2.45, 2.75) is 52.0 Å². The Morgan fingerprint density at radius 3 is 2.53 bits per heavy atom. The fraction of sp³-hybridized carbons (Fsp3) is 0.344. The van der Waals surface area contributed by atoms with Gasteiger partial charge in [0.15, 0.2) is 5.65 Å². The van der Waals surface area contributed by atoms with Gasteiger partial charge in [-0.25, -0.2) is 23.5 Å². The second kappa shape index (κ2) is 14.2. The smallest absolute Gasteiger partial charge is 0.355 e. The molecule has 1 N–H and O–H groups in total. The van der Waals surface area contributed by atoms with Crippen LogP contribution in [0.15, 0.2) is 59.7 Å². The molecule has 11 heteroatoms. The molecule has 0 bridgehead atoms. The molecule has 2 heterocycles. The van der Waals surface area contributed by atoms with E-state index < -0.39 is 23.5 Å². The molecule has 1 atom stereocenters. The van der Waals surface area contributed by atoms with Gasteiger partial charge in [-0.15, -0.1) is 6.58 Å². The van der Waals surface area contributed by atoms with E-state index in [1.807, 2.05) is 32.0 Å². The number of anilines is 1. The lowest BCUT2D eigenvalue weighted by Crippen LogP contribution is -2.49. The molecule has 2 aromatic heterocycles. The van der Waals surface area contributed by atoms with Crippen molar-refractivity contribution < 1.29 is 18.7 Å². The van der Waals surface area contributed by atoms with Crippen LogP contribution < -0.4 is 15.9 Å². The van der Waals surface area contributed by atoms with Gasteiger partial charge in [0, 0.05) is 18.7 Å². The molecule has 1 amide bonds. The van der Waals surface area contributed by atoms with Crippen LogP contribution in [0.25, 0.3) is 22.3 Å². The van der Waals surface area contributed by atoms with Crippen LogP contribution in [-0.2, 0) is 27.2 Å². The molecular formula is C32H35ClFN5O4. The Balaban J connectivity index is 2.14. The number of aromatic nitrogens is 3. The molecule has 0 saturated heterocycles. The summed E-state index contributed by atoms with van der Waals surface area (Å²) in [4.78, 5) is 49.3. The molecular weight excluding hydrogens is 573 g/mol. The Bertz CT molecular complexity index is 1640. The molecule has 1 aliphatic rings. The highest BCUT2D eigenvalue weighted by Gasteiger charge is 2.31. The number of benzene rings is 1. The zero-order valence-corrected chi connectivity index (χ0v) is 25.3. The fourth-order valence-electron chi connectivity index (χ4n) is 5.33. The number of nitrogens with zero attached hydrogens (tertiary/aromatic N) is 4. The van der Waals surface area contributed by atoms with Gasteiger partial charge >= 0.3 is 11.7 Å². The number of allylic oxidation sites excluding steroid dienone is 4. The van der Waals surface area contributed by atoms with Gasteiger partial charge in [0.05, 0.1) is 28.9 Å². The molecule has 0 aliphatic heterocycles. The minimum Gasteiger partial charge on any atom is -0.467 e. The maximum atomic E-state index is 15.1. The van der Waals surface area contributed by atoms with E-state index in [9.17, 15) is 14.4 Å². The van der Waals surface area contributed by atoms with E-state index in [0.717, 1.165) is 11.1 Å². The third-order valence-electron chi connectivity index (χ3n) is 7.43. The summed E-state index contributed by atoms with van der Waals surface area (Å²) in [6.45, 7) is 7.88. The molecule has 1 aromatic carbocycles. The number of halogens is 2. The van der Waals surface area contributed by atoms with Gasteiger partial charge < -0.3 is 15.0 Å². The average Bonchev–Trinajstić information content (AvgIpc) is 3.02. The van der Waals surface area contributed by atoms with Crippen LogP contribution in [0.3, 0.4) is 0 Å². The number of carbonyl (C=O) groups is 2. The molecule has 9 nitrogen and oxygen atoms in total. The third-order valence-corrected chi connectivity index (χ3v) is 7.72. The van der Waals surface area contributed by atoms with Crippen LogP contribution in [-0.4, -0.2) is 53.2 Å². The van der Waals surface area contributed by atoms with Gasteiger partial charge in [0.1, 0.15) is 17.7 Å². The summed E-state index contributed by atoms with van der Waals surface area (Å²) >= 11 is 6.79. The van der Waals surface area contributed by atoms with Crippen LogP contribution in [0.2, 0.25) is 5.02 Å². The summed E-state index contributed by atoms with van der Waals surface area (Å²) in [5.74, 6) is -0.954. The second-order valence-corrected chi connectivity index (χ2v) is 10.4. The van der Waals surface area contributed by atoms with Crippen molar-refractivity contribution in [3.63, 3.8) is 0 Å². The molecule has 4 rings (SSSR count). The van der Waals surface area contributed by atoms with Crippen LogP contribution in [0.5, 0.6) is 0 Å². The molecule has 1 unspecified atom stereocenters. The lowest BCUT2D eigenvalue weighted by molar-refractivity contribution is -0.142. The zero-order valence-electron chi connectivity index (χ0n) is 24.5. The van der Waals surface area contributed by atoms with E-state index in [0.29, 0.717) is 49.6 Å². The largest absolute Gasteiger partial charge is 0.467 e. The van der Waals surface area contributed by atoms with Crippen molar-refractivity contribution in [1.82, 2.24) is 19.9 Å². The Morgan fingerprint density at radius 1 is 1.23 bits per heavy atom. The molecule has 3 aromatic rings. The highest BCUT2D eigenvalue weighted by Crippen LogP contribution is 2.37. The Labute approximate surface area is 254 Å². The minimum absolute atomic E-state index is 0.111. The lowest BCUT2D eigenvalue weighted by atomic mass is 10.0. The molecule has 1 aliphatic carbocycles. The number of rotatable bonds is 13. The first-order valence-corrected chi connectivity index (χ1v) is 14.6. The van der Waals surface area contributed by atoms with E-state index in [1.54, 1.807) is 23.1 Å². The van der Waals surface area contributed by atoms with Gasteiger partial charge in [0.25, 0.3) is 0 Å². The molecule has 0 fully saturated rings. The topological polar surface area (TPSA) is 106 Å². The fourth-order valence-corrected chi connectivity index (χ4v) is 5.58. The number of carbonyl (C=O) groups excluding carboxylic acids is 2. The predicted octanol–water partition coefficient (Wildman–Crippen LogP) is 5.26. The normalized spacial score (nSPS) is 13.6. The van der Waals surface area contributed by atoms with Gasteiger partial charge in [-0.2, -0.15) is 4.98 Å². The van der Waals surface area contributed by atoms with Gasteiger partial charge in [-0.3, -0.25) is 4.79 Å². The summed E-state index contributed by atoms with van der Waals surface area (Å²) in [6, 6.07) is 6.39. The van der Waals surface area contributed by atoms with Crippen molar-refractivity contribution >= 4 is 46.4 Å². The van der Waals surface area contributed by atoms with Crippen molar-refractivity contribution in [3.05, 3.63) is 87.2 Å². The summed E-state index contributed by atoms with van der Waals surface area (Å²) in [5.41, 5.74) is 2.49. The number of methoxy groups -OCH3 is 1. The van der Waals surface area contributed by atoms with Crippen LogP contribution in [0, 0.1) is 0 Å². The monoisotopic (exact) mass is 607 g/mol. The first-order chi connectivity index (χ1) is 20.8. The SMILES string of the molecule is C=CCCN(c1nc(=O)n(-c2c(CC)cccc2CC)c2nc(C3=CCCC=C3F)c(Cl)cc12)C(CNC=O)C(=O)OC. The van der Waals surface area contributed by atoms with E-state index in [2.05, 4.69) is 16.9 Å². The number of hydrogen-bond donors (Lipinski definition) is 1. The number of nitrogens with one attached hydrogen (secondary N) is 1. The predicted molar refractivity (Wildman–Crippen MR) is 167 cm³/mol. The number of fused-ring (bicyclic) bond motifs is 1. The third kappa shape index (κ3) is 6.39. The van der Waals surface area contributed by atoms with Crippen molar-refractivity contribution in [2.75, 3.05) is 25.1 Å². The summed E-state index contributed by atoms with van der Waals surface area (Å²) in [6.07, 6.45) is 8.23. The van der Waals surface area contributed by atoms with Crippen LogP contribution in [0.1, 0.15) is 49.9 Å².